The summed E-state index contributed by atoms with van der Waals surface area (Å²) in [7, 11) is 1.72. The first-order valence-electron chi connectivity index (χ1n) is 9.19. The molecular formula is C21H15F3N4OS. The van der Waals surface area contributed by atoms with Crippen molar-refractivity contribution in [2.24, 2.45) is 12.0 Å². The van der Waals surface area contributed by atoms with Gasteiger partial charge in [0.1, 0.15) is 5.82 Å². The molecule has 0 saturated heterocycles. The maximum atomic E-state index is 14.6. The fraction of sp³-hybridized carbons (Fsp3) is 0.190. The molecule has 9 heteroatoms. The SMILES string of the molecule is Cn1nc(-c2ccccc2F)cc1-c1ccc(C(=O)NC2=C(F)C=NC3CC23F)s1. The van der Waals surface area contributed by atoms with Gasteiger partial charge in [-0.15, -0.1) is 11.3 Å². The standard InChI is InChI=1S/C21H15F3N4OS/c1-28-15(8-14(27-28)11-4-2-3-5-12(11)22)16-6-7-17(30-16)20(29)26-19-13(23)10-25-18-9-21(18,19)24/h2-8,10,18H,9H2,1H3,(H,26,29). The van der Waals surface area contributed by atoms with E-state index in [0.29, 0.717) is 21.8 Å². The molecule has 30 heavy (non-hydrogen) atoms. The van der Waals surface area contributed by atoms with Crippen LogP contribution in [0, 0.1) is 5.82 Å². The molecule has 0 radical (unpaired) electrons. The van der Waals surface area contributed by atoms with Crippen molar-refractivity contribution in [3.8, 4) is 21.8 Å². The largest absolute Gasteiger partial charge is 0.319 e. The normalized spacial score (nSPS) is 22.2. The van der Waals surface area contributed by atoms with Gasteiger partial charge in [0, 0.05) is 19.0 Å². The third-order valence-electron chi connectivity index (χ3n) is 5.23. The second-order valence-electron chi connectivity index (χ2n) is 7.22. The van der Waals surface area contributed by atoms with Crippen LogP contribution >= 0.6 is 11.3 Å². The van der Waals surface area contributed by atoms with E-state index in [2.05, 4.69) is 15.4 Å². The lowest BCUT2D eigenvalue weighted by Crippen LogP contribution is -2.32. The molecule has 3 aromatic rings. The molecule has 2 aromatic heterocycles. The predicted octanol–water partition coefficient (Wildman–Crippen LogP) is 4.43. The molecule has 1 N–H and O–H groups in total. The van der Waals surface area contributed by atoms with Gasteiger partial charge in [0.05, 0.1) is 39.1 Å². The van der Waals surface area contributed by atoms with Crippen molar-refractivity contribution in [1.29, 1.82) is 0 Å². The molecule has 1 aromatic carbocycles. The van der Waals surface area contributed by atoms with Crippen LogP contribution in [0.4, 0.5) is 13.2 Å². The first-order valence-corrected chi connectivity index (χ1v) is 10.0. The summed E-state index contributed by atoms with van der Waals surface area (Å²) < 4.78 is 44.3. The Kier molecular flexibility index (Phi) is 4.18. The molecule has 5 rings (SSSR count). The second kappa shape index (κ2) is 6.66. The van der Waals surface area contributed by atoms with E-state index in [1.807, 2.05) is 0 Å². The van der Waals surface area contributed by atoms with Gasteiger partial charge in [0.2, 0.25) is 0 Å². The number of carbonyl (C=O) groups excluding carboxylic acids is 1. The first kappa shape index (κ1) is 18.8. The van der Waals surface area contributed by atoms with Gasteiger partial charge in [-0.3, -0.25) is 14.5 Å². The van der Waals surface area contributed by atoms with Gasteiger partial charge in [-0.05, 0) is 30.3 Å². The number of alkyl halides is 1. The number of halogens is 3. The zero-order chi connectivity index (χ0) is 21.0. The number of hydrogen-bond donors (Lipinski definition) is 1. The van der Waals surface area contributed by atoms with Crippen LogP contribution < -0.4 is 5.32 Å². The van der Waals surface area contributed by atoms with Gasteiger partial charge in [0.15, 0.2) is 11.5 Å². The number of benzene rings is 1. The van der Waals surface area contributed by atoms with Crippen molar-refractivity contribution < 1.29 is 18.0 Å². The number of rotatable bonds is 4. The van der Waals surface area contributed by atoms with Crippen LogP contribution in [0.2, 0.25) is 0 Å². The van der Waals surface area contributed by atoms with Crippen molar-refractivity contribution in [2.75, 3.05) is 0 Å². The van der Waals surface area contributed by atoms with Gasteiger partial charge in [-0.1, -0.05) is 12.1 Å². The summed E-state index contributed by atoms with van der Waals surface area (Å²) >= 11 is 1.16. The Morgan fingerprint density at radius 1 is 1.27 bits per heavy atom. The van der Waals surface area contributed by atoms with Crippen molar-refractivity contribution in [3.63, 3.8) is 0 Å². The van der Waals surface area contributed by atoms with Gasteiger partial charge in [-0.25, -0.2) is 13.2 Å². The van der Waals surface area contributed by atoms with Crippen LogP contribution in [0.15, 0.2) is 59.0 Å². The summed E-state index contributed by atoms with van der Waals surface area (Å²) in [5, 5.41) is 6.73. The number of allylic oxidation sites excluding steroid dienone is 1. The smallest absolute Gasteiger partial charge is 0.265 e. The highest BCUT2D eigenvalue weighted by atomic mass is 32.1. The fourth-order valence-electron chi connectivity index (χ4n) is 3.52. The van der Waals surface area contributed by atoms with E-state index < -0.39 is 23.4 Å². The average molecular weight is 428 g/mol. The third kappa shape index (κ3) is 2.97. The second-order valence-corrected chi connectivity index (χ2v) is 8.30. The number of fused-ring (bicyclic) bond motifs is 1. The highest BCUT2D eigenvalue weighted by Crippen LogP contribution is 2.51. The average Bonchev–Trinajstić information content (AvgIpc) is 3.05. The number of carbonyl (C=O) groups is 1. The lowest BCUT2D eigenvalue weighted by atomic mass is 10.1. The summed E-state index contributed by atoms with van der Waals surface area (Å²) in [6, 6.07) is 10.7. The number of aryl methyl sites for hydroxylation is 1. The van der Waals surface area contributed by atoms with Crippen LogP contribution in [-0.4, -0.2) is 33.6 Å². The third-order valence-corrected chi connectivity index (χ3v) is 6.34. The Hall–Kier alpha value is -3.20. The quantitative estimate of drug-likeness (QED) is 0.668. The number of nitrogens with one attached hydrogen (secondary N) is 1. The van der Waals surface area contributed by atoms with Crippen LogP contribution in [0.25, 0.3) is 21.8 Å². The molecule has 1 amide bonds. The Balaban J connectivity index is 1.41. The van der Waals surface area contributed by atoms with E-state index in [1.165, 1.54) is 6.07 Å². The van der Waals surface area contributed by atoms with Crippen LogP contribution in [-0.2, 0) is 7.05 Å². The van der Waals surface area contributed by atoms with Crippen LogP contribution in [0.1, 0.15) is 16.1 Å². The molecule has 0 bridgehead atoms. The Morgan fingerprint density at radius 3 is 2.87 bits per heavy atom. The monoisotopic (exact) mass is 428 g/mol. The van der Waals surface area contributed by atoms with Gasteiger partial charge in [-0.2, -0.15) is 5.10 Å². The molecule has 1 aliphatic heterocycles. The summed E-state index contributed by atoms with van der Waals surface area (Å²) in [5.74, 6) is -1.83. The Morgan fingerprint density at radius 2 is 2.07 bits per heavy atom. The van der Waals surface area contributed by atoms with E-state index in [0.717, 1.165) is 22.4 Å². The molecular weight excluding hydrogens is 413 g/mol. The summed E-state index contributed by atoms with van der Waals surface area (Å²) in [6.07, 6.45) is 1.01. The number of dihydropyridines is 1. The molecule has 1 fully saturated rings. The highest BCUT2D eigenvalue weighted by molar-refractivity contribution is 7.17. The number of aliphatic imine (C=N–C) groups is 1. The number of amides is 1. The molecule has 5 nitrogen and oxygen atoms in total. The van der Waals surface area contributed by atoms with E-state index in [1.54, 1.807) is 48.1 Å². The van der Waals surface area contributed by atoms with Crippen molar-refractivity contribution >= 4 is 23.5 Å². The number of aromatic nitrogens is 2. The number of thiophene rings is 1. The van der Waals surface area contributed by atoms with E-state index in [9.17, 15) is 18.0 Å². The van der Waals surface area contributed by atoms with Gasteiger partial charge in [0.25, 0.3) is 5.91 Å². The maximum absolute atomic E-state index is 14.6. The summed E-state index contributed by atoms with van der Waals surface area (Å²) in [6.45, 7) is 0. The zero-order valence-corrected chi connectivity index (χ0v) is 16.5. The lowest BCUT2D eigenvalue weighted by Gasteiger charge is -2.16. The minimum atomic E-state index is -1.93. The van der Waals surface area contributed by atoms with Crippen LogP contribution in [0.3, 0.4) is 0 Å². The highest BCUT2D eigenvalue weighted by Gasteiger charge is 2.61. The molecule has 3 heterocycles. The number of nitrogens with zero attached hydrogens (tertiary/aromatic N) is 3. The molecule has 1 saturated carbocycles. The summed E-state index contributed by atoms with van der Waals surface area (Å²) in [5.41, 5.74) is -0.743. The molecule has 0 spiro atoms. The van der Waals surface area contributed by atoms with Gasteiger partial charge < -0.3 is 5.32 Å². The van der Waals surface area contributed by atoms with Crippen molar-refractivity contribution in [1.82, 2.24) is 15.1 Å². The molecule has 152 valence electrons. The van der Waals surface area contributed by atoms with Crippen LogP contribution in [0.5, 0.6) is 0 Å². The molecule has 1 aliphatic carbocycles. The first-order chi connectivity index (χ1) is 14.4. The minimum Gasteiger partial charge on any atom is -0.319 e. The molecule has 2 unspecified atom stereocenters. The molecule has 2 atom stereocenters. The fourth-order valence-corrected chi connectivity index (χ4v) is 4.46. The van der Waals surface area contributed by atoms with Gasteiger partial charge >= 0.3 is 0 Å². The Labute approximate surface area is 173 Å². The summed E-state index contributed by atoms with van der Waals surface area (Å²) in [4.78, 5) is 17.3. The Bertz CT molecular complexity index is 1240. The van der Waals surface area contributed by atoms with Crippen molar-refractivity contribution in [2.45, 2.75) is 18.1 Å². The topological polar surface area (TPSA) is 59.3 Å². The van der Waals surface area contributed by atoms with E-state index >= 15 is 0 Å². The van der Waals surface area contributed by atoms with Crippen molar-refractivity contribution in [3.05, 3.63) is 64.7 Å². The number of hydrogen-bond acceptors (Lipinski definition) is 4. The van der Waals surface area contributed by atoms with E-state index in [-0.39, 0.29) is 17.9 Å². The maximum Gasteiger partial charge on any atom is 0.265 e. The van der Waals surface area contributed by atoms with E-state index in [4.69, 9.17) is 0 Å². The lowest BCUT2D eigenvalue weighted by molar-refractivity contribution is 0.0958. The predicted molar refractivity (Wildman–Crippen MR) is 108 cm³/mol. The minimum absolute atomic E-state index is 0.0655. The zero-order valence-electron chi connectivity index (χ0n) is 15.7. The molecule has 2 aliphatic rings.